The zero-order valence-electron chi connectivity index (χ0n) is 19.5. The third kappa shape index (κ3) is 5.43. The predicted molar refractivity (Wildman–Crippen MR) is 130 cm³/mol. The first-order chi connectivity index (χ1) is 17.0. The predicted octanol–water partition coefficient (Wildman–Crippen LogP) is 5.31. The first kappa shape index (κ1) is 25.0. The van der Waals surface area contributed by atoms with Gasteiger partial charge in [0.15, 0.2) is 5.88 Å². The Kier molecular flexibility index (Phi) is 6.88. The molecule has 3 N–H and O–H groups in total. The van der Waals surface area contributed by atoms with Crippen molar-refractivity contribution in [3.05, 3.63) is 65.5 Å². The molecule has 0 unspecified atom stereocenters. The average Bonchev–Trinajstić information content (AvgIpc) is 3.21. The van der Waals surface area contributed by atoms with Crippen LogP contribution in [-0.4, -0.2) is 44.5 Å². The summed E-state index contributed by atoms with van der Waals surface area (Å²) in [6.45, 7) is 2.00. The van der Waals surface area contributed by atoms with Gasteiger partial charge in [-0.25, -0.2) is 14.2 Å². The number of hydrogen-bond acceptors (Lipinski definition) is 6. The van der Waals surface area contributed by atoms with Crippen molar-refractivity contribution in [2.45, 2.75) is 12.7 Å². The number of hydrogen-bond donors (Lipinski definition) is 2. The van der Waals surface area contributed by atoms with Gasteiger partial charge in [-0.1, -0.05) is 0 Å². The van der Waals surface area contributed by atoms with Crippen LogP contribution in [0.2, 0.25) is 0 Å². The topological polar surface area (TPSA) is 90.3 Å². The summed E-state index contributed by atoms with van der Waals surface area (Å²) in [6, 6.07) is 8.73. The van der Waals surface area contributed by atoms with Crippen LogP contribution in [0.15, 0.2) is 57.9 Å². The lowest BCUT2D eigenvalue weighted by atomic mass is 10.1. The molecule has 0 fully saturated rings. The zero-order valence-corrected chi connectivity index (χ0v) is 19.5. The lowest BCUT2D eigenvalue weighted by Crippen LogP contribution is -2.32. The second-order valence-corrected chi connectivity index (χ2v) is 8.40. The molecule has 0 saturated carbocycles. The summed E-state index contributed by atoms with van der Waals surface area (Å²) < 4.78 is 59.6. The number of urea groups is 1. The summed E-state index contributed by atoms with van der Waals surface area (Å²) >= 11 is 0. The maximum atomic E-state index is 14.4. The molecule has 0 spiro atoms. The largest absolute Gasteiger partial charge is 0.423 e. The van der Waals surface area contributed by atoms with E-state index in [1.807, 2.05) is 30.0 Å². The number of halogens is 4. The second-order valence-electron chi connectivity index (χ2n) is 8.40. The van der Waals surface area contributed by atoms with Crippen LogP contribution >= 0.6 is 0 Å². The Bertz CT molecular complexity index is 1270. The molecule has 1 aromatic heterocycles. The molecular formula is C24H24F4N6O2. The summed E-state index contributed by atoms with van der Waals surface area (Å²) in [5.74, 6) is 0.0862. The average molecular weight is 504 g/mol. The van der Waals surface area contributed by atoms with Crippen molar-refractivity contribution in [1.82, 2.24) is 4.90 Å². The lowest BCUT2D eigenvalue weighted by molar-refractivity contribution is -0.137. The molecular weight excluding hydrogens is 480 g/mol. The normalized spacial score (nSPS) is 13.1. The van der Waals surface area contributed by atoms with Gasteiger partial charge in [0.25, 0.3) is 0 Å². The van der Waals surface area contributed by atoms with E-state index in [-0.39, 0.29) is 5.69 Å². The number of benzene rings is 2. The smallest absolute Gasteiger partial charge is 0.416 e. The second kappa shape index (κ2) is 9.90. The number of primary amides is 1. The van der Waals surface area contributed by atoms with E-state index in [1.165, 1.54) is 12.1 Å². The van der Waals surface area contributed by atoms with Crippen LogP contribution < -0.4 is 20.9 Å². The standard InChI is InChI=1S/C24H24F4N6O2/c1-32(2)10-9-30-21-11-15-13-33(14-31-22(15)36-21)17-4-6-18(7-5-17)34(23(29)35)20-12-16(24(26,27)28)3-8-19(20)25/h3-8,11-12,14,30H,9-10,13H2,1-2H3,(H2,29,35). The number of amides is 2. The third-order valence-electron chi connectivity index (χ3n) is 5.47. The number of rotatable bonds is 7. The molecule has 4 rings (SSSR count). The number of furan rings is 1. The van der Waals surface area contributed by atoms with Crippen molar-refractivity contribution in [3.63, 3.8) is 0 Å². The van der Waals surface area contributed by atoms with Gasteiger partial charge in [0.2, 0.25) is 5.88 Å². The number of likely N-dealkylation sites (N-methyl/N-ethyl adjacent to an activating group) is 1. The maximum absolute atomic E-state index is 14.4. The van der Waals surface area contributed by atoms with Gasteiger partial charge >= 0.3 is 12.2 Å². The molecule has 2 heterocycles. The van der Waals surface area contributed by atoms with E-state index in [0.29, 0.717) is 53.6 Å². The highest BCUT2D eigenvalue weighted by molar-refractivity contribution is 5.99. The van der Waals surface area contributed by atoms with E-state index in [2.05, 4.69) is 10.3 Å². The van der Waals surface area contributed by atoms with Crippen molar-refractivity contribution in [2.75, 3.05) is 42.3 Å². The Labute approximate surface area is 204 Å². The Morgan fingerprint density at radius 2 is 1.89 bits per heavy atom. The van der Waals surface area contributed by atoms with Gasteiger partial charge in [0, 0.05) is 30.4 Å². The highest BCUT2D eigenvalue weighted by Crippen LogP contribution is 2.37. The minimum Gasteiger partial charge on any atom is -0.423 e. The Hall–Kier alpha value is -4.06. The van der Waals surface area contributed by atoms with Gasteiger partial charge in [-0.15, -0.1) is 0 Å². The van der Waals surface area contributed by atoms with Crippen molar-refractivity contribution < 1.29 is 26.8 Å². The van der Waals surface area contributed by atoms with Gasteiger partial charge in [0.1, 0.15) is 5.82 Å². The molecule has 36 heavy (non-hydrogen) atoms. The highest BCUT2D eigenvalue weighted by atomic mass is 19.4. The van der Waals surface area contributed by atoms with E-state index in [1.54, 1.807) is 18.5 Å². The molecule has 3 aromatic rings. The molecule has 0 aliphatic carbocycles. The number of nitrogens with zero attached hydrogens (tertiary/aromatic N) is 4. The van der Waals surface area contributed by atoms with Crippen LogP contribution in [0, 0.1) is 5.82 Å². The molecule has 2 amide bonds. The fraction of sp³-hybridized carbons (Fsp3) is 0.250. The molecule has 0 atom stereocenters. The molecule has 12 heteroatoms. The maximum Gasteiger partial charge on any atom is 0.416 e. The summed E-state index contributed by atoms with van der Waals surface area (Å²) in [6.07, 6.45) is -3.13. The van der Waals surface area contributed by atoms with Crippen LogP contribution in [0.1, 0.15) is 11.1 Å². The molecule has 0 bridgehead atoms. The Morgan fingerprint density at radius 3 is 2.53 bits per heavy atom. The van der Waals surface area contributed by atoms with Crippen molar-refractivity contribution in [1.29, 1.82) is 0 Å². The number of anilines is 4. The quantitative estimate of drug-likeness (QED) is 0.426. The molecule has 1 aliphatic heterocycles. The Morgan fingerprint density at radius 1 is 1.17 bits per heavy atom. The molecule has 0 saturated heterocycles. The van der Waals surface area contributed by atoms with E-state index in [0.717, 1.165) is 12.1 Å². The molecule has 1 aliphatic rings. The zero-order chi connectivity index (χ0) is 26.0. The number of fused-ring (bicyclic) bond motifs is 1. The van der Waals surface area contributed by atoms with E-state index in [4.69, 9.17) is 10.2 Å². The molecule has 0 radical (unpaired) electrons. The summed E-state index contributed by atoms with van der Waals surface area (Å²) in [4.78, 5) is 21.0. The van der Waals surface area contributed by atoms with Crippen LogP contribution in [-0.2, 0) is 12.7 Å². The minimum absolute atomic E-state index is 0.106. The van der Waals surface area contributed by atoms with Gasteiger partial charge in [-0.2, -0.15) is 13.2 Å². The van der Waals surface area contributed by atoms with Crippen molar-refractivity contribution in [2.24, 2.45) is 10.7 Å². The first-order valence-corrected chi connectivity index (χ1v) is 10.9. The van der Waals surface area contributed by atoms with Crippen LogP contribution in [0.3, 0.4) is 0 Å². The number of aliphatic imine (C=N–C) groups is 1. The monoisotopic (exact) mass is 504 g/mol. The minimum atomic E-state index is -4.71. The van der Waals surface area contributed by atoms with Gasteiger partial charge in [0.05, 0.1) is 29.8 Å². The number of carbonyl (C=O) groups excluding carboxylic acids is 1. The van der Waals surface area contributed by atoms with Crippen molar-refractivity contribution >= 4 is 41.2 Å². The molecule has 2 aromatic carbocycles. The van der Waals surface area contributed by atoms with Crippen LogP contribution in [0.5, 0.6) is 0 Å². The molecule has 8 nitrogen and oxygen atoms in total. The van der Waals surface area contributed by atoms with Crippen LogP contribution in [0.25, 0.3) is 0 Å². The Balaban J connectivity index is 1.53. The summed E-state index contributed by atoms with van der Waals surface area (Å²) in [5, 5.41) is 3.20. The lowest BCUT2D eigenvalue weighted by Gasteiger charge is -2.25. The summed E-state index contributed by atoms with van der Waals surface area (Å²) in [7, 11) is 3.95. The van der Waals surface area contributed by atoms with E-state index < -0.39 is 29.3 Å². The fourth-order valence-electron chi connectivity index (χ4n) is 3.67. The van der Waals surface area contributed by atoms with Crippen LogP contribution in [0.4, 0.5) is 51.2 Å². The van der Waals surface area contributed by atoms with Gasteiger partial charge in [-0.05, 0) is 56.6 Å². The number of nitrogens with one attached hydrogen (secondary N) is 1. The fourth-order valence-corrected chi connectivity index (χ4v) is 3.67. The summed E-state index contributed by atoms with van der Waals surface area (Å²) in [5.41, 5.74) is 5.36. The third-order valence-corrected chi connectivity index (χ3v) is 5.47. The molecule has 190 valence electrons. The number of alkyl halides is 3. The van der Waals surface area contributed by atoms with Gasteiger partial charge < -0.3 is 25.3 Å². The van der Waals surface area contributed by atoms with E-state index in [9.17, 15) is 22.4 Å². The number of nitrogens with two attached hydrogens (primary N) is 1. The van der Waals surface area contributed by atoms with Gasteiger partial charge in [-0.3, -0.25) is 4.90 Å². The SMILES string of the molecule is CN(C)CCNc1cc2c(o1)N=CN(c1ccc(N(C(N)=O)c3cc(C(F)(F)F)ccc3F)cc1)C2. The first-order valence-electron chi connectivity index (χ1n) is 10.9. The van der Waals surface area contributed by atoms with Crippen molar-refractivity contribution in [3.8, 4) is 0 Å². The highest BCUT2D eigenvalue weighted by Gasteiger charge is 2.32. The number of carbonyl (C=O) groups is 1. The van der Waals surface area contributed by atoms with E-state index >= 15 is 0 Å².